The Kier molecular flexibility index (Phi) is 14.4. The summed E-state index contributed by atoms with van der Waals surface area (Å²) in [5.74, 6) is -2.80. The summed E-state index contributed by atoms with van der Waals surface area (Å²) in [5.41, 5.74) is 0. The minimum absolute atomic E-state index is 0. The van der Waals surface area contributed by atoms with Crippen molar-refractivity contribution in [1.82, 2.24) is 0 Å². The van der Waals surface area contributed by atoms with E-state index in [2.05, 4.69) is 0 Å². The van der Waals surface area contributed by atoms with E-state index in [-0.39, 0.29) is 23.1 Å². The number of thioether (sulfide) groups is 1. The second kappa shape index (κ2) is 11.0. The molecular formula is C8H16MgO6S. The van der Waals surface area contributed by atoms with Crippen molar-refractivity contribution in [2.75, 3.05) is 0 Å². The maximum Gasteiger partial charge on any atom is 0.316 e. The molecule has 0 aromatic rings. The number of carboxylic acid groups (broad SMARTS) is 3. The number of aliphatic carboxylic acids is 3. The molecule has 0 aliphatic carbocycles. The molecule has 16 heavy (non-hydrogen) atoms. The summed E-state index contributed by atoms with van der Waals surface area (Å²) >= 11 is 0.917. The largest absolute Gasteiger partial charge is 0.481 e. The lowest BCUT2D eigenvalue weighted by Gasteiger charge is -2.08. The van der Waals surface area contributed by atoms with Crippen LogP contribution in [0.25, 0.3) is 0 Å². The maximum atomic E-state index is 10.2. The molecule has 0 rings (SSSR count). The highest BCUT2D eigenvalue weighted by Gasteiger charge is 2.19. The smallest absolute Gasteiger partial charge is 0.316 e. The molecule has 0 radical (unpaired) electrons. The van der Waals surface area contributed by atoms with Crippen LogP contribution in [0.1, 0.15) is 20.8 Å². The fraction of sp³-hybridized carbons (Fsp3) is 0.625. The zero-order valence-electron chi connectivity index (χ0n) is 8.63. The molecule has 0 saturated heterocycles. The first-order valence-corrected chi connectivity index (χ1v) is 4.93. The zero-order valence-corrected chi connectivity index (χ0v) is 9.45. The standard InChI is InChI=1S/C6H10O4S.C2H4O2.Mg.2H/c1-3(5(7)8)11-4(2)6(9)10;1-2(3)4;;;/h3-4H,1-2H3,(H,7,8)(H,9,10);1H3,(H,3,4);;;. The molecular weight excluding hydrogens is 248 g/mol. The van der Waals surface area contributed by atoms with Crippen molar-refractivity contribution in [3.63, 3.8) is 0 Å². The summed E-state index contributed by atoms with van der Waals surface area (Å²) < 4.78 is 0. The number of carbonyl (C=O) groups is 3. The molecule has 0 aromatic heterocycles. The van der Waals surface area contributed by atoms with Crippen LogP contribution in [0.2, 0.25) is 0 Å². The summed E-state index contributed by atoms with van der Waals surface area (Å²) in [6, 6.07) is 0. The van der Waals surface area contributed by atoms with E-state index in [1.165, 1.54) is 13.8 Å². The van der Waals surface area contributed by atoms with E-state index >= 15 is 0 Å². The van der Waals surface area contributed by atoms with Crippen LogP contribution in [0.5, 0.6) is 0 Å². The van der Waals surface area contributed by atoms with Crippen molar-refractivity contribution < 1.29 is 29.7 Å². The summed E-state index contributed by atoms with van der Waals surface area (Å²) in [6.45, 7) is 4.01. The van der Waals surface area contributed by atoms with Gasteiger partial charge < -0.3 is 15.3 Å². The van der Waals surface area contributed by atoms with Gasteiger partial charge in [-0.25, -0.2) is 0 Å². The highest BCUT2D eigenvalue weighted by molar-refractivity contribution is 8.01. The van der Waals surface area contributed by atoms with Gasteiger partial charge in [-0.05, 0) is 13.8 Å². The molecule has 0 bridgehead atoms. The number of rotatable bonds is 4. The maximum absolute atomic E-state index is 10.2. The normalized spacial score (nSPS) is 12.2. The topological polar surface area (TPSA) is 112 Å². The van der Waals surface area contributed by atoms with E-state index in [9.17, 15) is 9.59 Å². The first kappa shape index (κ1) is 20.9. The van der Waals surface area contributed by atoms with Crippen LogP contribution in [-0.2, 0) is 14.4 Å². The predicted molar refractivity (Wildman–Crippen MR) is 63.6 cm³/mol. The Morgan fingerprint density at radius 2 is 1.12 bits per heavy atom. The van der Waals surface area contributed by atoms with E-state index in [1.54, 1.807) is 0 Å². The van der Waals surface area contributed by atoms with Gasteiger partial charge in [0.2, 0.25) is 0 Å². The fourth-order valence-corrected chi connectivity index (χ4v) is 1.27. The average molecular weight is 265 g/mol. The van der Waals surface area contributed by atoms with Gasteiger partial charge in [0.25, 0.3) is 5.97 Å². The lowest BCUT2D eigenvalue weighted by molar-refractivity contribution is -0.136. The second-order valence-corrected chi connectivity index (χ2v) is 4.30. The third-order valence-corrected chi connectivity index (χ3v) is 2.32. The van der Waals surface area contributed by atoms with Crippen molar-refractivity contribution >= 4 is 52.7 Å². The van der Waals surface area contributed by atoms with Gasteiger partial charge in [0.1, 0.15) is 10.5 Å². The van der Waals surface area contributed by atoms with Crippen LogP contribution >= 0.6 is 11.8 Å². The summed E-state index contributed by atoms with van der Waals surface area (Å²) in [7, 11) is 0. The summed E-state index contributed by atoms with van der Waals surface area (Å²) in [4.78, 5) is 29.5. The third kappa shape index (κ3) is 16.0. The zero-order chi connectivity index (χ0) is 12.6. The number of hydrogen-bond donors (Lipinski definition) is 3. The number of hydrogen-bond acceptors (Lipinski definition) is 4. The Balaban J connectivity index is -0.000000292. The molecule has 2 unspecified atom stereocenters. The van der Waals surface area contributed by atoms with E-state index in [0.29, 0.717) is 0 Å². The quantitative estimate of drug-likeness (QED) is 0.605. The SMILES string of the molecule is CC(=O)O.CC(SC(C)C(=O)O)C(=O)O.[MgH2]. The van der Waals surface area contributed by atoms with Crippen LogP contribution in [0.15, 0.2) is 0 Å². The lowest BCUT2D eigenvalue weighted by Crippen LogP contribution is -2.20. The van der Waals surface area contributed by atoms with Crippen LogP contribution in [-0.4, -0.2) is 66.8 Å². The van der Waals surface area contributed by atoms with Crippen molar-refractivity contribution in [2.24, 2.45) is 0 Å². The minimum atomic E-state index is -0.983. The van der Waals surface area contributed by atoms with Crippen LogP contribution in [0.4, 0.5) is 0 Å². The molecule has 0 aromatic carbocycles. The lowest BCUT2D eigenvalue weighted by atomic mass is 10.5. The molecule has 0 heterocycles. The van der Waals surface area contributed by atoms with Crippen molar-refractivity contribution in [3.05, 3.63) is 0 Å². The van der Waals surface area contributed by atoms with Crippen molar-refractivity contribution in [3.8, 4) is 0 Å². The second-order valence-electron chi connectivity index (χ2n) is 2.62. The summed E-state index contributed by atoms with van der Waals surface area (Å²) in [6.07, 6.45) is 0. The van der Waals surface area contributed by atoms with Gasteiger partial charge in [-0.2, -0.15) is 0 Å². The van der Waals surface area contributed by atoms with Crippen molar-refractivity contribution in [2.45, 2.75) is 31.3 Å². The van der Waals surface area contributed by atoms with Gasteiger partial charge in [-0.3, -0.25) is 14.4 Å². The molecule has 0 spiro atoms. The first-order valence-electron chi connectivity index (χ1n) is 3.99. The Hall–Kier alpha value is -0.474. The first-order chi connectivity index (χ1) is 6.68. The van der Waals surface area contributed by atoms with E-state index in [1.807, 2.05) is 0 Å². The Bertz CT molecular complexity index is 223. The van der Waals surface area contributed by atoms with Crippen LogP contribution in [0.3, 0.4) is 0 Å². The molecule has 0 fully saturated rings. The minimum Gasteiger partial charge on any atom is -0.481 e. The average Bonchev–Trinajstić information content (AvgIpc) is 2.02. The Labute approximate surface area is 114 Å². The molecule has 6 nitrogen and oxygen atoms in total. The van der Waals surface area contributed by atoms with E-state index in [4.69, 9.17) is 20.1 Å². The third-order valence-electron chi connectivity index (χ3n) is 1.10. The summed E-state index contributed by atoms with van der Waals surface area (Å²) in [5, 5.41) is 22.9. The highest BCUT2D eigenvalue weighted by Crippen LogP contribution is 2.17. The fourth-order valence-electron chi connectivity index (χ4n) is 0.423. The molecule has 0 saturated carbocycles. The Morgan fingerprint density at radius 3 is 1.25 bits per heavy atom. The van der Waals surface area contributed by atoms with Gasteiger partial charge in [0.15, 0.2) is 0 Å². The molecule has 8 heteroatoms. The van der Waals surface area contributed by atoms with Crippen LogP contribution < -0.4 is 0 Å². The van der Waals surface area contributed by atoms with E-state index in [0.717, 1.165) is 18.7 Å². The number of carboxylic acids is 3. The van der Waals surface area contributed by atoms with Gasteiger partial charge >= 0.3 is 35.0 Å². The molecule has 92 valence electrons. The van der Waals surface area contributed by atoms with Crippen LogP contribution in [0, 0.1) is 0 Å². The van der Waals surface area contributed by atoms with Gasteiger partial charge in [-0.15, -0.1) is 11.8 Å². The monoisotopic (exact) mass is 264 g/mol. The molecule has 2 atom stereocenters. The van der Waals surface area contributed by atoms with Crippen molar-refractivity contribution in [1.29, 1.82) is 0 Å². The Morgan fingerprint density at radius 1 is 0.938 bits per heavy atom. The van der Waals surface area contributed by atoms with Gasteiger partial charge in [0.05, 0.1) is 0 Å². The predicted octanol–water partition coefficient (Wildman–Crippen LogP) is -0.159. The molecule has 0 amide bonds. The molecule has 0 aliphatic rings. The van der Waals surface area contributed by atoms with Gasteiger partial charge in [0, 0.05) is 6.92 Å². The van der Waals surface area contributed by atoms with E-state index < -0.39 is 28.4 Å². The molecule has 3 N–H and O–H groups in total. The molecule has 0 aliphatic heterocycles. The van der Waals surface area contributed by atoms with Gasteiger partial charge in [-0.1, -0.05) is 0 Å². The highest BCUT2D eigenvalue weighted by atomic mass is 32.2.